The smallest absolute Gasteiger partial charge is 0.336 e. The van der Waals surface area contributed by atoms with E-state index in [1.807, 2.05) is 0 Å². The second-order valence-corrected chi connectivity index (χ2v) is 14.2. The third-order valence-corrected chi connectivity index (χ3v) is 9.25. The summed E-state index contributed by atoms with van der Waals surface area (Å²) in [6.45, 7) is 0.514. The maximum absolute atomic E-state index is 11.9. The zero-order chi connectivity index (χ0) is 44.1. The van der Waals surface area contributed by atoms with Gasteiger partial charge in [0.15, 0.2) is 16.8 Å². The molecule has 2 aliphatic rings. The Hall–Kier alpha value is -4.97. The Labute approximate surface area is 331 Å². The van der Waals surface area contributed by atoms with Crippen LogP contribution in [0.3, 0.4) is 0 Å². The van der Waals surface area contributed by atoms with Gasteiger partial charge < -0.3 is 70.8 Å². The standard InChI is InChI=1S/C20H28O14.C8H16O2.C6H8O7.CH4/c21-13(22)5-19(31,17(27)28)7-15(25)33-9-11-1-2-12(4-3-11)10-34-16(26)8-20(32,18(29)30)6-14(23)24;9-5-7-1-2-8(6-10)4-3-7;7-3(8)1-6(13,5(11)12)2-4(9)10;/h11-12,31-32H,1-10H2,(H,21,22)(H,23,24)(H,27,28)(H,29,30);7-10H,1-6H2;13H,1-2H2,(H,7,8)(H,9,10)(H,11,12);1H4. The Morgan fingerprint density at radius 3 is 0.793 bits per heavy atom. The summed E-state index contributed by atoms with van der Waals surface area (Å²) >= 11 is 0. The van der Waals surface area contributed by atoms with Crippen molar-refractivity contribution in [1.29, 1.82) is 0 Å². The number of carbonyl (C=O) groups is 9. The highest BCUT2D eigenvalue weighted by Crippen LogP contribution is 2.30. The molecule has 0 saturated heterocycles. The number of aliphatic carboxylic acids is 7. The van der Waals surface area contributed by atoms with Crippen molar-refractivity contribution in [1.82, 2.24) is 0 Å². The Morgan fingerprint density at radius 1 is 0.397 bits per heavy atom. The molecular formula is C35H56O23. The Morgan fingerprint density at radius 2 is 0.603 bits per heavy atom. The van der Waals surface area contributed by atoms with E-state index in [1.54, 1.807) is 0 Å². The number of ether oxygens (including phenoxy) is 2. The van der Waals surface area contributed by atoms with Crippen LogP contribution in [-0.2, 0) is 52.6 Å². The normalized spacial score (nSPS) is 20.8. The molecule has 23 heteroatoms. The molecule has 0 aliphatic heterocycles. The number of hydrogen-bond donors (Lipinski definition) is 12. The summed E-state index contributed by atoms with van der Waals surface area (Å²) < 4.78 is 9.96. The third-order valence-electron chi connectivity index (χ3n) is 9.25. The highest BCUT2D eigenvalue weighted by Gasteiger charge is 2.43. The van der Waals surface area contributed by atoms with E-state index in [-0.39, 0.29) is 32.5 Å². The highest BCUT2D eigenvalue weighted by atomic mass is 16.5. The first-order chi connectivity index (χ1) is 26.3. The van der Waals surface area contributed by atoms with Crippen LogP contribution >= 0.6 is 0 Å². The SMILES string of the molecule is C.O=C(O)CC(O)(CC(=O)O)C(=O)O.O=C(O)CC(O)(CC(=O)OCC1CCC(COC(=O)CC(O)(CC(=O)O)C(=O)O)CC1)C(=O)O.OCC1CCC(CO)CC1. The van der Waals surface area contributed by atoms with Gasteiger partial charge in [0, 0.05) is 13.2 Å². The van der Waals surface area contributed by atoms with Gasteiger partial charge in [-0.3, -0.25) is 28.8 Å². The summed E-state index contributed by atoms with van der Waals surface area (Å²) in [4.78, 5) is 97.8. The molecule has 23 nitrogen and oxygen atoms in total. The van der Waals surface area contributed by atoms with Gasteiger partial charge >= 0.3 is 53.7 Å². The molecule has 12 N–H and O–H groups in total. The van der Waals surface area contributed by atoms with E-state index >= 15 is 0 Å². The maximum Gasteiger partial charge on any atom is 0.336 e. The topological polar surface area (TPSA) is 415 Å². The average molecular weight is 845 g/mol. The molecule has 2 fully saturated rings. The Bertz CT molecular complexity index is 1300. The van der Waals surface area contributed by atoms with Crippen molar-refractivity contribution in [3.63, 3.8) is 0 Å². The molecule has 0 aromatic rings. The first-order valence-electron chi connectivity index (χ1n) is 17.6. The zero-order valence-electron chi connectivity index (χ0n) is 30.9. The van der Waals surface area contributed by atoms with Crippen LogP contribution in [0.4, 0.5) is 0 Å². The fraction of sp³-hybridized carbons (Fsp3) is 0.743. The van der Waals surface area contributed by atoms with Crippen molar-refractivity contribution in [2.45, 2.75) is 114 Å². The lowest BCUT2D eigenvalue weighted by atomic mass is 9.83. The van der Waals surface area contributed by atoms with Gasteiger partial charge in [0.05, 0.1) is 51.7 Å². The van der Waals surface area contributed by atoms with Crippen LogP contribution in [0, 0.1) is 23.7 Å². The van der Waals surface area contributed by atoms with E-state index in [0.29, 0.717) is 50.7 Å². The lowest BCUT2D eigenvalue weighted by molar-refractivity contribution is -0.172. The first kappa shape index (κ1) is 55.1. The molecule has 2 atom stereocenters. The van der Waals surface area contributed by atoms with E-state index in [0.717, 1.165) is 25.7 Å². The fourth-order valence-corrected chi connectivity index (χ4v) is 5.80. The molecule has 2 rings (SSSR count). The lowest BCUT2D eigenvalue weighted by Gasteiger charge is -2.28. The average Bonchev–Trinajstić information content (AvgIpc) is 3.09. The van der Waals surface area contributed by atoms with Crippen molar-refractivity contribution in [3.8, 4) is 0 Å². The molecule has 0 aromatic carbocycles. The molecule has 2 unspecified atom stereocenters. The Balaban J connectivity index is 0. The predicted molar refractivity (Wildman–Crippen MR) is 190 cm³/mol. The lowest BCUT2D eigenvalue weighted by Crippen LogP contribution is -2.43. The van der Waals surface area contributed by atoms with Gasteiger partial charge in [-0.15, -0.1) is 0 Å². The van der Waals surface area contributed by atoms with Gasteiger partial charge in [0.1, 0.15) is 0 Å². The molecule has 334 valence electrons. The molecule has 0 spiro atoms. The summed E-state index contributed by atoms with van der Waals surface area (Å²) in [5.74, 6) is -13.2. The van der Waals surface area contributed by atoms with Crippen LogP contribution in [0.2, 0.25) is 0 Å². The number of carboxylic acid groups (broad SMARTS) is 7. The monoisotopic (exact) mass is 844 g/mol. The van der Waals surface area contributed by atoms with Gasteiger partial charge in [-0.2, -0.15) is 0 Å². The van der Waals surface area contributed by atoms with E-state index < -0.39 is 109 Å². The minimum atomic E-state index is -2.78. The number of aliphatic hydroxyl groups is 5. The van der Waals surface area contributed by atoms with E-state index in [2.05, 4.69) is 0 Å². The number of rotatable bonds is 21. The molecular weight excluding hydrogens is 788 g/mol. The number of hydrogen-bond acceptors (Lipinski definition) is 16. The summed E-state index contributed by atoms with van der Waals surface area (Å²) in [5, 5.41) is 106. The zero-order valence-corrected chi connectivity index (χ0v) is 30.9. The van der Waals surface area contributed by atoms with Crippen molar-refractivity contribution in [2.24, 2.45) is 23.7 Å². The van der Waals surface area contributed by atoms with Gasteiger partial charge in [0.25, 0.3) is 0 Å². The summed E-state index contributed by atoms with van der Waals surface area (Å²) in [6.07, 6.45) is -0.0797. The summed E-state index contributed by atoms with van der Waals surface area (Å²) in [6, 6.07) is 0. The third kappa shape index (κ3) is 21.5. The number of esters is 2. The molecule has 0 aromatic heterocycles. The fourth-order valence-electron chi connectivity index (χ4n) is 5.80. The van der Waals surface area contributed by atoms with Crippen molar-refractivity contribution >= 4 is 53.7 Å². The molecule has 0 heterocycles. The van der Waals surface area contributed by atoms with Crippen molar-refractivity contribution < 1.29 is 114 Å². The second-order valence-electron chi connectivity index (χ2n) is 14.2. The van der Waals surface area contributed by atoms with Gasteiger partial charge in [-0.25, -0.2) is 14.4 Å². The first-order valence-corrected chi connectivity index (χ1v) is 17.6. The van der Waals surface area contributed by atoms with Crippen LogP contribution in [0.25, 0.3) is 0 Å². The van der Waals surface area contributed by atoms with Crippen molar-refractivity contribution in [2.75, 3.05) is 26.4 Å². The molecule has 0 radical (unpaired) electrons. The van der Waals surface area contributed by atoms with Crippen LogP contribution < -0.4 is 0 Å². The number of carboxylic acids is 7. The summed E-state index contributed by atoms with van der Waals surface area (Å²) in [5.41, 5.74) is -8.29. The maximum atomic E-state index is 11.9. The molecule has 2 aliphatic carbocycles. The number of aliphatic hydroxyl groups excluding tert-OH is 2. The van der Waals surface area contributed by atoms with Gasteiger partial charge in [-0.05, 0) is 75.0 Å². The molecule has 0 amide bonds. The van der Waals surface area contributed by atoms with Crippen LogP contribution in [0.15, 0.2) is 0 Å². The quantitative estimate of drug-likeness (QED) is 0.0642. The van der Waals surface area contributed by atoms with Crippen LogP contribution in [0.5, 0.6) is 0 Å². The predicted octanol–water partition coefficient (Wildman–Crippen LogP) is -0.595. The molecule has 58 heavy (non-hydrogen) atoms. The summed E-state index contributed by atoms with van der Waals surface area (Å²) in [7, 11) is 0. The van der Waals surface area contributed by atoms with Gasteiger partial charge in [-0.1, -0.05) is 7.43 Å². The molecule has 0 bridgehead atoms. The van der Waals surface area contributed by atoms with Crippen LogP contribution in [-0.4, -0.2) is 158 Å². The largest absolute Gasteiger partial charge is 0.481 e. The second kappa shape index (κ2) is 26.1. The van der Waals surface area contributed by atoms with E-state index in [1.165, 1.54) is 0 Å². The number of carbonyl (C=O) groups excluding carboxylic acids is 2. The van der Waals surface area contributed by atoms with E-state index in [9.17, 15) is 53.4 Å². The Kier molecular flexibility index (Phi) is 24.8. The minimum absolute atomic E-state index is 0. The van der Waals surface area contributed by atoms with Crippen molar-refractivity contribution in [3.05, 3.63) is 0 Å². The van der Waals surface area contributed by atoms with Crippen LogP contribution in [0.1, 0.15) is 97.3 Å². The minimum Gasteiger partial charge on any atom is -0.481 e. The van der Waals surface area contributed by atoms with Gasteiger partial charge in [0.2, 0.25) is 0 Å². The highest BCUT2D eigenvalue weighted by molar-refractivity contribution is 5.90. The molecule has 2 saturated carbocycles. The van der Waals surface area contributed by atoms with E-state index in [4.69, 9.17) is 60.5 Å².